The lowest BCUT2D eigenvalue weighted by Crippen LogP contribution is -2.42. The molecule has 4 rings (SSSR count). The Hall–Kier alpha value is -4.15. The van der Waals surface area contributed by atoms with Crippen molar-refractivity contribution in [1.82, 2.24) is 16.0 Å². The van der Waals surface area contributed by atoms with Crippen LogP contribution in [-0.4, -0.2) is 50.8 Å². The molecule has 11 heteroatoms. The zero-order chi connectivity index (χ0) is 31.7. The molecule has 8 nitrogen and oxygen atoms in total. The first kappa shape index (κ1) is 35.0. The highest BCUT2D eigenvalue weighted by Gasteiger charge is 2.42. The molecule has 3 atom stereocenters. The molecule has 0 spiro atoms. The minimum absolute atomic E-state index is 0.0860. The van der Waals surface area contributed by atoms with Crippen LogP contribution in [0.5, 0.6) is 0 Å². The first-order chi connectivity index (χ1) is 20.6. The molecular formula is C32H36ClF2N3O5. The summed E-state index contributed by atoms with van der Waals surface area (Å²) in [5, 5.41) is 7.57. The van der Waals surface area contributed by atoms with Gasteiger partial charge in [0.2, 0.25) is 18.2 Å². The van der Waals surface area contributed by atoms with Crippen LogP contribution in [0.15, 0.2) is 84.9 Å². The summed E-state index contributed by atoms with van der Waals surface area (Å²) < 4.78 is 34.0. The molecule has 43 heavy (non-hydrogen) atoms. The number of aldehydes is 1. The van der Waals surface area contributed by atoms with E-state index in [1.165, 1.54) is 30.9 Å². The van der Waals surface area contributed by atoms with Crippen molar-refractivity contribution in [3.8, 4) is 0 Å². The highest BCUT2D eigenvalue weighted by atomic mass is 35.5. The standard InChI is InChI=1S/C15H13ClF2O.C10H15N3O4.C7H8/c1-19-14(11-6-3-2-4-7-11)15(17,18)12-8-5-9-13(16)10-12;14-5-8(13-9(16)4-11-6-15)3-7-1-2-12-10(7)17;1-7-5-3-2-4-6-7/h2-10,14H,1H3;5-8H,1-4H2,(H,11,15)(H,12,17)(H,13,16);2-6H,1H3. The summed E-state index contributed by atoms with van der Waals surface area (Å²) in [6, 6.07) is 23.7. The van der Waals surface area contributed by atoms with Crippen LogP contribution in [0.25, 0.3) is 0 Å². The van der Waals surface area contributed by atoms with Gasteiger partial charge in [-0.15, -0.1) is 0 Å². The maximum atomic E-state index is 14.5. The predicted molar refractivity (Wildman–Crippen MR) is 161 cm³/mol. The molecule has 3 amide bonds. The largest absolute Gasteiger partial charge is 0.370 e. The van der Waals surface area contributed by atoms with Gasteiger partial charge in [0.1, 0.15) is 12.4 Å². The van der Waals surface area contributed by atoms with Gasteiger partial charge < -0.3 is 25.5 Å². The quantitative estimate of drug-likeness (QED) is 0.269. The Morgan fingerprint density at radius 3 is 2.21 bits per heavy atom. The molecule has 1 fully saturated rings. The van der Waals surface area contributed by atoms with Gasteiger partial charge in [-0.1, -0.05) is 90.0 Å². The summed E-state index contributed by atoms with van der Waals surface area (Å²) in [7, 11) is 1.27. The number of alkyl halides is 2. The van der Waals surface area contributed by atoms with Gasteiger partial charge >= 0.3 is 5.92 Å². The monoisotopic (exact) mass is 615 g/mol. The van der Waals surface area contributed by atoms with Crippen molar-refractivity contribution in [2.75, 3.05) is 20.2 Å². The molecule has 0 saturated carbocycles. The molecule has 0 aliphatic carbocycles. The Labute approximate surface area is 255 Å². The van der Waals surface area contributed by atoms with Crippen LogP contribution in [0.4, 0.5) is 8.78 Å². The number of benzene rings is 3. The van der Waals surface area contributed by atoms with Gasteiger partial charge in [0.25, 0.3) is 0 Å². The minimum Gasteiger partial charge on any atom is -0.370 e. The fourth-order valence-electron chi connectivity index (χ4n) is 4.22. The fourth-order valence-corrected chi connectivity index (χ4v) is 4.41. The third-order valence-electron chi connectivity index (χ3n) is 6.38. The summed E-state index contributed by atoms with van der Waals surface area (Å²) in [5.74, 6) is -3.92. The van der Waals surface area contributed by atoms with E-state index in [-0.39, 0.29) is 29.0 Å². The van der Waals surface area contributed by atoms with Crippen molar-refractivity contribution >= 4 is 36.1 Å². The van der Waals surface area contributed by atoms with Gasteiger partial charge in [0.15, 0.2) is 0 Å². The minimum atomic E-state index is -3.15. The summed E-state index contributed by atoms with van der Waals surface area (Å²) in [5.41, 5.74) is 1.59. The van der Waals surface area contributed by atoms with Crippen LogP contribution < -0.4 is 16.0 Å². The smallest absolute Gasteiger partial charge is 0.302 e. The van der Waals surface area contributed by atoms with Crippen LogP contribution >= 0.6 is 11.6 Å². The van der Waals surface area contributed by atoms with Crippen molar-refractivity contribution in [2.45, 2.75) is 37.8 Å². The number of hydrogen-bond acceptors (Lipinski definition) is 5. The van der Waals surface area contributed by atoms with Crippen LogP contribution in [0.1, 0.15) is 35.6 Å². The maximum Gasteiger partial charge on any atom is 0.302 e. The predicted octanol–water partition coefficient (Wildman–Crippen LogP) is 4.76. The molecule has 0 radical (unpaired) electrons. The topological polar surface area (TPSA) is 114 Å². The molecule has 3 aromatic rings. The highest BCUT2D eigenvalue weighted by molar-refractivity contribution is 6.30. The first-order valence-corrected chi connectivity index (χ1v) is 13.9. The second kappa shape index (κ2) is 18.4. The number of methoxy groups -OCH3 is 1. The van der Waals surface area contributed by atoms with E-state index in [1.54, 1.807) is 36.4 Å². The zero-order valence-corrected chi connectivity index (χ0v) is 24.7. The number of ether oxygens (including phenoxy) is 1. The lowest BCUT2D eigenvalue weighted by molar-refractivity contribution is -0.133. The van der Waals surface area contributed by atoms with E-state index in [0.29, 0.717) is 37.6 Å². The lowest BCUT2D eigenvalue weighted by atomic mass is 9.97. The number of halogens is 3. The number of amides is 3. The third-order valence-corrected chi connectivity index (χ3v) is 6.61. The summed E-state index contributed by atoms with van der Waals surface area (Å²) >= 11 is 5.77. The summed E-state index contributed by atoms with van der Waals surface area (Å²) in [4.78, 5) is 43.3. The number of aryl methyl sites for hydroxylation is 1. The summed E-state index contributed by atoms with van der Waals surface area (Å²) in [6.07, 6.45) is 0.630. The van der Waals surface area contributed by atoms with Gasteiger partial charge in [-0.3, -0.25) is 14.4 Å². The Balaban J connectivity index is 0.000000247. The number of hydrogen-bond donors (Lipinski definition) is 3. The van der Waals surface area contributed by atoms with Crippen molar-refractivity contribution in [1.29, 1.82) is 0 Å². The fraction of sp³-hybridized carbons (Fsp3) is 0.312. The Bertz CT molecular complexity index is 1300. The van der Waals surface area contributed by atoms with Crippen LogP contribution in [-0.2, 0) is 29.8 Å². The Morgan fingerprint density at radius 2 is 1.72 bits per heavy atom. The van der Waals surface area contributed by atoms with E-state index in [9.17, 15) is 28.0 Å². The molecular weight excluding hydrogens is 580 g/mol. The third kappa shape index (κ3) is 11.9. The van der Waals surface area contributed by atoms with E-state index in [2.05, 4.69) is 35.0 Å². The lowest BCUT2D eigenvalue weighted by Gasteiger charge is -2.26. The molecule has 3 unspecified atom stereocenters. The van der Waals surface area contributed by atoms with Gasteiger partial charge in [-0.05, 0) is 37.5 Å². The van der Waals surface area contributed by atoms with Crippen molar-refractivity contribution in [2.24, 2.45) is 5.92 Å². The number of rotatable bonds is 11. The maximum absolute atomic E-state index is 14.5. The van der Waals surface area contributed by atoms with Crippen LogP contribution in [0.3, 0.4) is 0 Å². The van der Waals surface area contributed by atoms with E-state index in [0.717, 1.165) is 0 Å². The molecule has 1 saturated heterocycles. The molecule has 0 bridgehead atoms. The van der Waals surface area contributed by atoms with Crippen molar-refractivity contribution in [3.05, 3.63) is 107 Å². The van der Waals surface area contributed by atoms with E-state index >= 15 is 0 Å². The van der Waals surface area contributed by atoms with E-state index < -0.39 is 24.0 Å². The average molecular weight is 616 g/mol. The molecule has 3 N–H and O–H groups in total. The average Bonchev–Trinajstić information content (AvgIpc) is 3.41. The van der Waals surface area contributed by atoms with E-state index in [1.807, 2.05) is 18.2 Å². The van der Waals surface area contributed by atoms with Crippen molar-refractivity contribution < 1.29 is 32.7 Å². The molecule has 3 aromatic carbocycles. The number of carbonyl (C=O) groups is 4. The van der Waals surface area contributed by atoms with Gasteiger partial charge in [-0.2, -0.15) is 8.78 Å². The number of carbonyl (C=O) groups excluding carboxylic acids is 4. The first-order valence-electron chi connectivity index (χ1n) is 13.5. The molecule has 230 valence electrons. The molecule has 0 aromatic heterocycles. The van der Waals surface area contributed by atoms with Gasteiger partial charge in [0, 0.05) is 30.2 Å². The van der Waals surface area contributed by atoms with E-state index in [4.69, 9.17) is 16.3 Å². The van der Waals surface area contributed by atoms with Gasteiger partial charge in [0.05, 0.1) is 12.6 Å². The second-order valence-corrected chi connectivity index (χ2v) is 10.1. The highest BCUT2D eigenvalue weighted by Crippen LogP contribution is 2.43. The molecule has 1 aliphatic rings. The number of nitrogens with one attached hydrogen (secondary N) is 3. The molecule has 1 heterocycles. The Morgan fingerprint density at radius 1 is 1.07 bits per heavy atom. The SMILES string of the molecule is COC(c1ccccc1)C(F)(F)c1cccc(Cl)c1.Cc1ccccc1.O=CNCC(=O)NC(C=O)CC1CCNC1=O. The Kier molecular flexibility index (Phi) is 15.0. The zero-order valence-electron chi connectivity index (χ0n) is 24.0. The van der Waals surface area contributed by atoms with Crippen LogP contribution in [0, 0.1) is 12.8 Å². The molecule has 1 aliphatic heterocycles. The normalized spacial score (nSPS) is 15.3. The van der Waals surface area contributed by atoms with Crippen molar-refractivity contribution in [3.63, 3.8) is 0 Å². The van der Waals surface area contributed by atoms with Crippen LogP contribution in [0.2, 0.25) is 5.02 Å². The van der Waals surface area contributed by atoms with Gasteiger partial charge in [-0.25, -0.2) is 0 Å². The summed E-state index contributed by atoms with van der Waals surface area (Å²) in [6.45, 7) is 2.51. The second-order valence-electron chi connectivity index (χ2n) is 9.64.